The van der Waals surface area contributed by atoms with Crippen LogP contribution in [0.3, 0.4) is 0 Å². The molecule has 1 N–H and O–H groups in total. The van der Waals surface area contributed by atoms with Crippen molar-refractivity contribution in [3.05, 3.63) is 23.8 Å². The highest BCUT2D eigenvalue weighted by Gasteiger charge is 2.25. The summed E-state index contributed by atoms with van der Waals surface area (Å²) in [6.07, 6.45) is 0.767. The van der Waals surface area contributed by atoms with E-state index in [0.29, 0.717) is 11.8 Å². The first-order valence-electron chi connectivity index (χ1n) is 7.12. The predicted molar refractivity (Wildman–Crippen MR) is 78.8 cm³/mol. The van der Waals surface area contributed by atoms with Crippen LogP contribution in [0.2, 0.25) is 0 Å². The van der Waals surface area contributed by atoms with E-state index in [9.17, 15) is 5.11 Å². The molecule has 19 heavy (non-hydrogen) atoms. The van der Waals surface area contributed by atoms with E-state index in [2.05, 4.69) is 24.8 Å². The number of hydrogen-bond donors (Lipinski definition) is 1. The molecule has 1 heterocycles. The van der Waals surface area contributed by atoms with Crippen molar-refractivity contribution in [3.63, 3.8) is 0 Å². The van der Waals surface area contributed by atoms with Gasteiger partial charge in [-0.1, -0.05) is 19.9 Å². The highest BCUT2D eigenvalue weighted by Crippen LogP contribution is 2.37. The summed E-state index contributed by atoms with van der Waals surface area (Å²) in [7, 11) is 1.66. The third kappa shape index (κ3) is 3.03. The molecule has 1 saturated heterocycles. The second kappa shape index (κ2) is 5.83. The summed E-state index contributed by atoms with van der Waals surface area (Å²) in [5.74, 6) is 2.16. The summed E-state index contributed by atoms with van der Waals surface area (Å²) in [6, 6.07) is 6.02. The third-order valence-corrected chi connectivity index (χ3v) is 3.89. The van der Waals surface area contributed by atoms with Gasteiger partial charge in [0, 0.05) is 24.3 Å². The Morgan fingerprint density at radius 1 is 1.26 bits per heavy atom. The van der Waals surface area contributed by atoms with Crippen molar-refractivity contribution < 1.29 is 9.84 Å². The van der Waals surface area contributed by atoms with Gasteiger partial charge in [-0.2, -0.15) is 0 Å². The van der Waals surface area contributed by atoms with E-state index < -0.39 is 6.10 Å². The zero-order valence-corrected chi connectivity index (χ0v) is 12.4. The van der Waals surface area contributed by atoms with Crippen molar-refractivity contribution in [2.24, 2.45) is 11.8 Å². The summed E-state index contributed by atoms with van der Waals surface area (Å²) in [5, 5.41) is 10.1. The smallest absolute Gasteiger partial charge is 0.126 e. The van der Waals surface area contributed by atoms with E-state index in [4.69, 9.17) is 4.74 Å². The number of rotatable bonds is 3. The fourth-order valence-electron chi connectivity index (χ4n) is 3.27. The molecule has 1 aliphatic rings. The van der Waals surface area contributed by atoms with E-state index in [1.165, 1.54) is 6.42 Å². The first kappa shape index (κ1) is 14.2. The van der Waals surface area contributed by atoms with Crippen LogP contribution in [0.25, 0.3) is 0 Å². The second-order valence-electron chi connectivity index (χ2n) is 5.92. The van der Waals surface area contributed by atoms with Gasteiger partial charge in [-0.05, 0) is 37.3 Å². The van der Waals surface area contributed by atoms with Gasteiger partial charge in [-0.3, -0.25) is 0 Å². The van der Waals surface area contributed by atoms with Crippen LogP contribution in [-0.4, -0.2) is 25.3 Å². The molecule has 1 aliphatic heterocycles. The zero-order chi connectivity index (χ0) is 14.0. The van der Waals surface area contributed by atoms with Gasteiger partial charge in [0.25, 0.3) is 0 Å². The lowest BCUT2D eigenvalue weighted by atomic mass is 9.90. The van der Waals surface area contributed by atoms with Gasteiger partial charge < -0.3 is 14.7 Å². The molecule has 1 fully saturated rings. The Bertz CT molecular complexity index is 421. The maximum atomic E-state index is 10.1. The summed E-state index contributed by atoms with van der Waals surface area (Å²) >= 11 is 0. The highest BCUT2D eigenvalue weighted by atomic mass is 16.5. The molecule has 1 aromatic carbocycles. The van der Waals surface area contributed by atoms with Crippen LogP contribution in [0.5, 0.6) is 5.75 Å². The molecule has 0 radical (unpaired) electrons. The van der Waals surface area contributed by atoms with Crippen LogP contribution < -0.4 is 9.64 Å². The Morgan fingerprint density at radius 3 is 2.42 bits per heavy atom. The lowest BCUT2D eigenvalue weighted by Gasteiger charge is -2.38. The van der Waals surface area contributed by atoms with Gasteiger partial charge in [0.1, 0.15) is 5.75 Å². The van der Waals surface area contributed by atoms with Crippen molar-refractivity contribution in [1.29, 1.82) is 0 Å². The Labute approximate surface area is 116 Å². The molecule has 2 rings (SSSR count). The Morgan fingerprint density at radius 2 is 1.89 bits per heavy atom. The van der Waals surface area contributed by atoms with Gasteiger partial charge in [0.15, 0.2) is 0 Å². The summed E-state index contributed by atoms with van der Waals surface area (Å²) in [5.41, 5.74) is 2.03. The SMILES string of the molecule is COc1cccc(N2CC(C)CC(C)C2)c1[C@H](C)O. The Hall–Kier alpha value is -1.22. The molecule has 0 saturated carbocycles. The molecule has 3 heteroatoms. The average molecular weight is 263 g/mol. The van der Waals surface area contributed by atoms with Gasteiger partial charge in [-0.15, -0.1) is 0 Å². The molecule has 0 spiro atoms. The van der Waals surface area contributed by atoms with Crippen LogP contribution in [0.15, 0.2) is 18.2 Å². The predicted octanol–water partition coefficient (Wildman–Crippen LogP) is 3.23. The van der Waals surface area contributed by atoms with E-state index in [1.807, 2.05) is 12.1 Å². The fourth-order valence-corrected chi connectivity index (χ4v) is 3.27. The summed E-state index contributed by atoms with van der Waals surface area (Å²) in [4.78, 5) is 2.39. The molecular formula is C16H25NO2. The third-order valence-electron chi connectivity index (χ3n) is 3.89. The molecule has 106 valence electrons. The van der Waals surface area contributed by atoms with Gasteiger partial charge in [0.2, 0.25) is 0 Å². The first-order chi connectivity index (χ1) is 9.02. The number of methoxy groups -OCH3 is 1. The second-order valence-corrected chi connectivity index (χ2v) is 5.92. The van der Waals surface area contributed by atoms with Crippen molar-refractivity contribution >= 4 is 5.69 Å². The number of nitrogens with zero attached hydrogens (tertiary/aromatic N) is 1. The van der Waals surface area contributed by atoms with Gasteiger partial charge >= 0.3 is 0 Å². The number of hydrogen-bond acceptors (Lipinski definition) is 3. The molecular weight excluding hydrogens is 238 g/mol. The van der Waals surface area contributed by atoms with E-state index in [0.717, 1.165) is 30.1 Å². The minimum atomic E-state index is -0.515. The van der Waals surface area contributed by atoms with Crippen molar-refractivity contribution in [1.82, 2.24) is 0 Å². The Kier molecular flexibility index (Phi) is 4.35. The zero-order valence-electron chi connectivity index (χ0n) is 12.4. The maximum absolute atomic E-state index is 10.1. The molecule has 0 amide bonds. The minimum Gasteiger partial charge on any atom is -0.496 e. The first-order valence-corrected chi connectivity index (χ1v) is 7.12. The van der Waals surface area contributed by atoms with Crippen molar-refractivity contribution in [3.8, 4) is 5.75 Å². The monoisotopic (exact) mass is 263 g/mol. The molecule has 1 aromatic rings. The molecule has 2 unspecified atom stereocenters. The highest BCUT2D eigenvalue weighted by molar-refractivity contribution is 5.60. The molecule has 0 aromatic heterocycles. The van der Waals surface area contributed by atoms with Crippen molar-refractivity contribution in [2.75, 3.05) is 25.1 Å². The number of anilines is 1. The van der Waals surface area contributed by atoms with Gasteiger partial charge in [-0.25, -0.2) is 0 Å². The van der Waals surface area contributed by atoms with Crippen LogP contribution in [0.4, 0.5) is 5.69 Å². The standard InChI is InChI=1S/C16H25NO2/c1-11-8-12(2)10-17(9-11)14-6-5-7-15(19-4)16(14)13(3)18/h5-7,11-13,18H,8-10H2,1-4H3/t11?,12?,13-/m0/s1. The van der Waals surface area contributed by atoms with Crippen LogP contribution >= 0.6 is 0 Å². The molecule has 3 atom stereocenters. The topological polar surface area (TPSA) is 32.7 Å². The Balaban J connectivity index is 2.38. The number of benzene rings is 1. The quantitative estimate of drug-likeness (QED) is 0.908. The van der Waals surface area contributed by atoms with Crippen LogP contribution in [0.1, 0.15) is 38.9 Å². The summed E-state index contributed by atoms with van der Waals surface area (Å²) < 4.78 is 5.41. The van der Waals surface area contributed by atoms with Gasteiger partial charge in [0.05, 0.1) is 13.2 Å². The molecule has 3 nitrogen and oxygen atoms in total. The average Bonchev–Trinajstić information content (AvgIpc) is 2.36. The number of ether oxygens (including phenoxy) is 1. The van der Waals surface area contributed by atoms with E-state index in [1.54, 1.807) is 14.0 Å². The number of piperidine rings is 1. The normalized spacial score (nSPS) is 25.2. The van der Waals surface area contributed by atoms with Crippen molar-refractivity contribution in [2.45, 2.75) is 33.3 Å². The largest absolute Gasteiger partial charge is 0.496 e. The van der Waals surface area contributed by atoms with E-state index in [-0.39, 0.29) is 0 Å². The molecule has 0 bridgehead atoms. The molecule has 0 aliphatic carbocycles. The summed E-state index contributed by atoms with van der Waals surface area (Å²) in [6.45, 7) is 8.50. The van der Waals surface area contributed by atoms with Crippen LogP contribution in [-0.2, 0) is 0 Å². The maximum Gasteiger partial charge on any atom is 0.126 e. The number of aliphatic hydroxyl groups excluding tert-OH is 1. The minimum absolute atomic E-state index is 0.515. The van der Waals surface area contributed by atoms with Crippen LogP contribution in [0, 0.1) is 11.8 Å². The lowest BCUT2D eigenvalue weighted by Crippen LogP contribution is -2.39. The van der Waals surface area contributed by atoms with E-state index >= 15 is 0 Å². The fraction of sp³-hybridized carbons (Fsp3) is 0.625. The lowest BCUT2D eigenvalue weighted by molar-refractivity contribution is 0.194. The number of aliphatic hydroxyl groups is 1.